The van der Waals surface area contributed by atoms with Crippen molar-refractivity contribution in [3.63, 3.8) is 0 Å². The van der Waals surface area contributed by atoms with Gasteiger partial charge in [0.15, 0.2) is 0 Å². The second kappa shape index (κ2) is 10.1. The third kappa shape index (κ3) is 5.56. The first-order chi connectivity index (χ1) is 16.4. The normalized spacial score (nSPS) is 13.1. The standard InChI is InChI=1S/C27H25N3O4/c1-18-5-9-22(10-6-18)27(34)29-23-4-2-3-20(15-23)16-28-26(33)21-11-7-19(8-12-21)17-30-24(31)13-14-25(30)32/h2-12,15H,13-14,16-17H2,1H3,(H,28,33)(H,29,34). The van der Waals surface area contributed by atoms with E-state index in [4.69, 9.17) is 0 Å². The number of benzene rings is 3. The number of anilines is 1. The lowest BCUT2D eigenvalue weighted by Gasteiger charge is -2.14. The molecule has 1 aliphatic heterocycles. The van der Waals surface area contributed by atoms with E-state index >= 15 is 0 Å². The molecule has 4 rings (SSSR count). The molecule has 1 fully saturated rings. The third-order valence-corrected chi connectivity index (χ3v) is 5.66. The molecular formula is C27H25N3O4. The van der Waals surface area contributed by atoms with Crippen molar-refractivity contribution in [3.05, 3.63) is 101 Å². The molecule has 3 aromatic rings. The van der Waals surface area contributed by atoms with Crippen molar-refractivity contribution >= 4 is 29.3 Å². The van der Waals surface area contributed by atoms with Gasteiger partial charge in [-0.2, -0.15) is 0 Å². The molecule has 2 N–H and O–H groups in total. The zero-order valence-electron chi connectivity index (χ0n) is 18.8. The van der Waals surface area contributed by atoms with E-state index in [0.717, 1.165) is 16.7 Å². The lowest BCUT2D eigenvalue weighted by Crippen LogP contribution is -2.28. The largest absolute Gasteiger partial charge is 0.348 e. The summed E-state index contributed by atoms with van der Waals surface area (Å²) in [5, 5.41) is 5.75. The monoisotopic (exact) mass is 455 g/mol. The quantitative estimate of drug-likeness (QED) is 0.530. The van der Waals surface area contributed by atoms with E-state index in [0.29, 0.717) is 23.4 Å². The zero-order chi connectivity index (χ0) is 24.1. The van der Waals surface area contributed by atoms with Gasteiger partial charge in [0.25, 0.3) is 11.8 Å². The van der Waals surface area contributed by atoms with Crippen LogP contribution in [0.15, 0.2) is 72.8 Å². The molecule has 0 atom stereocenters. The SMILES string of the molecule is Cc1ccc(C(=O)Nc2cccc(CNC(=O)c3ccc(CN4C(=O)CCC4=O)cc3)c2)cc1. The minimum atomic E-state index is -0.242. The molecule has 34 heavy (non-hydrogen) atoms. The number of imide groups is 1. The molecule has 0 aromatic heterocycles. The first-order valence-corrected chi connectivity index (χ1v) is 11.1. The fourth-order valence-corrected chi connectivity index (χ4v) is 3.69. The molecule has 7 nitrogen and oxygen atoms in total. The van der Waals surface area contributed by atoms with Crippen LogP contribution in [0.2, 0.25) is 0 Å². The molecule has 0 unspecified atom stereocenters. The summed E-state index contributed by atoms with van der Waals surface area (Å²) < 4.78 is 0. The predicted molar refractivity (Wildman–Crippen MR) is 128 cm³/mol. The van der Waals surface area contributed by atoms with Crippen LogP contribution in [0.3, 0.4) is 0 Å². The van der Waals surface area contributed by atoms with Gasteiger partial charge in [0.2, 0.25) is 11.8 Å². The van der Waals surface area contributed by atoms with Crippen LogP contribution in [-0.2, 0) is 22.7 Å². The fraction of sp³-hybridized carbons (Fsp3) is 0.185. The average Bonchev–Trinajstić information content (AvgIpc) is 3.15. The van der Waals surface area contributed by atoms with Crippen LogP contribution in [-0.4, -0.2) is 28.5 Å². The van der Waals surface area contributed by atoms with Gasteiger partial charge in [0.05, 0.1) is 6.54 Å². The number of nitrogens with zero attached hydrogens (tertiary/aromatic N) is 1. The first-order valence-electron chi connectivity index (χ1n) is 11.1. The van der Waals surface area contributed by atoms with E-state index in [2.05, 4.69) is 10.6 Å². The fourth-order valence-electron chi connectivity index (χ4n) is 3.69. The maximum absolute atomic E-state index is 12.6. The minimum Gasteiger partial charge on any atom is -0.348 e. The molecule has 0 aliphatic carbocycles. The van der Waals surface area contributed by atoms with Crippen LogP contribution in [0.25, 0.3) is 0 Å². The van der Waals surface area contributed by atoms with Crippen molar-refractivity contribution in [1.82, 2.24) is 10.2 Å². The van der Waals surface area contributed by atoms with Gasteiger partial charge in [-0.25, -0.2) is 0 Å². The Hall–Kier alpha value is -4.26. The Morgan fingerprint density at radius 3 is 2.09 bits per heavy atom. The van der Waals surface area contributed by atoms with Crippen molar-refractivity contribution in [2.24, 2.45) is 0 Å². The summed E-state index contributed by atoms with van der Waals surface area (Å²) in [5.74, 6) is -0.763. The molecule has 0 radical (unpaired) electrons. The van der Waals surface area contributed by atoms with Gasteiger partial charge < -0.3 is 10.6 Å². The lowest BCUT2D eigenvalue weighted by molar-refractivity contribution is -0.139. The zero-order valence-corrected chi connectivity index (χ0v) is 18.8. The highest BCUT2D eigenvalue weighted by Crippen LogP contribution is 2.17. The molecule has 7 heteroatoms. The van der Waals surface area contributed by atoms with E-state index in [1.165, 1.54) is 4.90 Å². The number of carbonyl (C=O) groups excluding carboxylic acids is 4. The van der Waals surface area contributed by atoms with Crippen LogP contribution in [0.4, 0.5) is 5.69 Å². The third-order valence-electron chi connectivity index (χ3n) is 5.66. The van der Waals surface area contributed by atoms with Gasteiger partial charge in [0, 0.05) is 36.2 Å². The number of hydrogen-bond acceptors (Lipinski definition) is 4. The highest BCUT2D eigenvalue weighted by atomic mass is 16.2. The molecule has 172 valence electrons. The van der Waals surface area contributed by atoms with E-state index in [1.807, 2.05) is 37.3 Å². The number of likely N-dealkylation sites (tertiary alicyclic amines) is 1. The van der Waals surface area contributed by atoms with Gasteiger partial charge in [-0.1, -0.05) is 42.0 Å². The molecule has 1 saturated heterocycles. The Morgan fingerprint density at radius 2 is 1.41 bits per heavy atom. The molecule has 4 amide bonds. The van der Waals surface area contributed by atoms with E-state index < -0.39 is 0 Å². The maximum Gasteiger partial charge on any atom is 0.255 e. The summed E-state index contributed by atoms with van der Waals surface area (Å²) in [5.41, 5.74) is 4.42. The van der Waals surface area contributed by atoms with Crippen molar-refractivity contribution in [1.29, 1.82) is 0 Å². The summed E-state index contributed by atoms with van der Waals surface area (Å²) in [6, 6.07) is 21.5. The van der Waals surface area contributed by atoms with Gasteiger partial charge in [0.1, 0.15) is 0 Å². The van der Waals surface area contributed by atoms with Gasteiger partial charge >= 0.3 is 0 Å². The van der Waals surface area contributed by atoms with E-state index in [1.54, 1.807) is 42.5 Å². The number of carbonyl (C=O) groups is 4. The van der Waals surface area contributed by atoms with Crippen molar-refractivity contribution < 1.29 is 19.2 Å². The Morgan fingerprint density at radius 1 is 0.794 bits per heavy atom. The molecule has 0 bridgehead atoms. The second-order valence-corrected chi connectivity index (χ2v) is 8.27. The van der Waals surface area contributed by atoms with Gasteiger partial charge in [-0.05, 0) is 54.4 Å². The lowest BCUT2D eigenvalue weighted by atomic mass is 10.1. The van der Waals surface area contributed by atoms with E-state index in [-0.39, 0.29) is 43.0 Å². The molecule has 3 aromatic carbocycles. The maximum atomic E-state index is 12.6. The predicted octanol–water partition coefficient (Wildman–Crippen LogP) is 3.83. The van der Waals surface area contributed by atoms with Crippen LogP contribution in [0, 0.1) is 6.92 Å². The Kier molecular flexibility index (Phi) is 6.82. The summed E-state index contributed by atoms with van der Waals surface area (Å²) in [6.07, 6.45) is 0.520. The number of amides is 4. The molecule has 1 aliphatic rings. The van der Waals surface area contributed by atoms with Crippen LogP contribution in [0.1, 0.15) is 50.2 Å². The van der Waals surface area contributed by atoms with Crippen LogP contribution >= 0.6 is 0 Å². The summed E-state index contributed by atoms with van der Waals surface area (Å²) in [4.78, 5) is 49.8. The number of nitrogens with one attached hydrogen (secondary N) is 2. The van der Waals surface area contributed by atoms with Crippen molar-refractivity contribution in [2.45, 2.75) is 32.9 Å². The number of aryl methyl sites for hydroxylation is 1. The smallest absolute Gasteiger partial charge is 0.255 e. The topological polar surface area (TPSA) is 95.6 Å². The Balaban J connectivity index is 1.32. The summed E-state index contributed by atoms with van der Waals surface area (Å²) in [7, 11) is 0. The number of hydrogen-bond donors (Lipinski definition) is 2. The molecule has 0 saturated carbocycles. The van der Waals surface area contributed by atoms with Gasteiger partial charge in [-0.15, -0.1) is 0 Å². The number of rotatable bonds is 7. The highest BCUT2D eigenvalue weighted by Gasteiger charge is 2.28. The molecular weight excluding hydrogens is 430 g/mol. The summed E-state index contributed by atoms with van der Waals surface area (Å²) in [6.45, 7) is 2.49. The van der Waals surface area contributed by atoms with Gasteiger partial charge in [-0.3, -0.25) is 24.1 Å². The van der Waals surface area contributed by atoms with E-state index in [9.17, 15) is 19.2 Å². The van der Waals surface area contributed by atoms with Crippen molar-refractivity contribution in [2.75, 3.05) is 5.32 Å². The minimum absolute atomic E-state index is 0.163. The molecule has 0 spiro atoms. The van der Waals surface area contributed by atoms with Crippen molar-refractivity contribution in [3.8, 4) is 0 Å². The first kappa shape index (κ1) is 22.9. The average molecular weight is 456 g/mol. The second-order valence-electron chi connectivity index (χ2n) is 8.27. The van der Waals surface area contributed by atoms with Crippen LogP contribution in [0.5, 0.6) is 0 Å². The highest BCUT2D eigenvalue weighted by molar-refractivity contribution is 6.04. The molecule has 1 heterocycles. The Labute approximate surface area is 197 Å². The summed E-state index contributed by atoms with van der Waals surface area (Å²) >= 11 is 0. The van der Waals surface area contributed by atoms with Crippen LogP contribution < -0.4 is 10.6 Å². The Bertz CT molecular complexity index is 1220.